The molecule has 4 N–H and O–H groups in total. The minimum Gasteiger partial charge on any atom is -0.478 e. The fourth-order valence-corrected chi connectivity index (χ4v) is 1.44. The third-order valence-corrected chi connectivity index (χ3v) is 2.37. The van der Waals surface area contributed by atoms with Gasteiger partial charge in [0.05, 0.1) is 11.3 Å². The third-order valence-electron chi connectivity index (χ3n) is 2.37. The first-order chi connectivity index (χ1) is 8.08. The number of nitrogens with two attached hydrogens (primary N) is 1. The van der Waals surface area contributed by atoms with Gasteiger partial charge in [-0.15, -0.1) is 0 Å². The first kappa shape index (κ1) is 13.2. The lowest BCUT2D eigenvalue weighted by atomic mass is 10.1. The number of hydrogen-bond acceptors (Lipinski definition) is 3. The van der Waals surface area contributed by atoms with E-state index in [9.17, 15) is 9.59 Å². The molecule has 0 atom stereocenters. The Balaban J connectivity index is 2.98. The van der Waals surface area contributed by atoms with Crippen LogP contribution in [0.5, 0.6) is 0 Å². The minimum absolute atomic E-state index is 0.106. The maximum Gasteiger partial charge on any atom is 0.337 e. The number of carbonyl (C=O) groups excluding carboxylic acids is 1. The van der Waals surface area contributed by atoms with Gasteiger partial charge in [-0.25, -0.2) is 4.79 Å². The van der Waals surface area contributed by atoms with Crippen LogP contribution in [-0.2, 0) is 11.2 Å². The topological polar surface area (TPSA) is 92.4 Å². The van der Waals surface area contributed by atoms with Crippen molar-refractivity contribution in [2.45, 2.75) is 19.8 Å². The highest BCUT2D eigenvalue weighted by atomic mass is 16.4. The highest BCUT2D eigenvalue weighted by molar-refractivity contribution is 6.00. The molecule has 5 nitrogen and oxygen atoms in total. The van der Waals surface area contributed by atoms with E-state index < -0.39 is 5.97 Å². The van der Waals surface area contributed by atoms with E-state index in [2.05, 4.69) is 5.32 Å². The summed E-state index contributed by atoms with van der Waals surface area (Å²) in [7, 11) is 0. The van der Waals surface area contributed by atoms with Gasteiger partial charge in [-0.3, -0.25) is 4.79 Å². The van der Waals surface area contributed by atoms with Gasteiger partial charge in [0.25, 0.3) is 0 Å². The second-order valence-corrected chi connectivity index (χ2v) is 3.63. The number of carboxylic acids is 1. The zero-order valence-electron chi connectivity index (χ0n) is 9.69. The van der Waals surface area contributed by atoms with Crippen LogP contribution in [0.3, 0.4) is 0 Å². The molecule has 0 aliphatic rings. The number of rotatable bonds is 5. The molecule has 0 radical (unpaired) electrons. The molecule has 1 aromatic rings. The standard InChI is InChI=1S/C12H16N2O3/c1-2-8-3-4-10(9(7-8)12(16)17)14-11(15)5-6-13/h3-4,7H,2,5-6,13H2,1H3,(H,14,15)(H,16,17). The van der Waals surface area contributed by atoms with Crippen molar-refractivity contribution < 1.29 is 14.7 Å². The SMILES string of the molecule is CCc1ccc(NC(=O)CCN)c(C(=O)O)c1. The number of aryl methyl sites for hydroxylation is 1. The quantitative estimate of drug-likeness (QED) is 0.717. The molecule has 0 unspecified atom stereocenters. The fourth-order valence-electron chi connectivity index (χ4n) is 1.44. The number of amides is 1. The Labute approximate surface area is 99.6 Å². The monoisotopic (exact) mass is 236 g/mol. The summed E-state index contributed by atoms with van der Waals surface area (Å²) in [4.78, 5) is 22.4. The summed E-state index contributed by atoms with van der Waals surface area (Å²) in [6.07, 6.45) is 0.923. The van der Waals surface area contributed by atoms with Crippen molar-refractivity contribution in [3.63, 3.8) is 0 Å². The van der Waals surface area contributed by atoms with Crippen LogP contribution in [0.25, 0.3) is 0 Å². The molecule has 5 heteroatoms. The number of carboxylic acid groups (broad SMARTS) is 1. The van der Waals surface area contributed by atoms with Crippen molar-refractivity contribution >= 4 is 17.6 Å². The van der Waals surface area contributed by atoms with Crippen molar-refractivity contribution in [1.82, 2.24) is 0 Å². The summed E-state index contributed by atoms with van der Waals surface area (Å²) in [5.41, 5.74) is 6.58. The van der Waals surface area contributed by atoms with E-state index in [1.165, 1.54) is 0 Å². The molecule has 1 aromatic carbocycles. The van der Waals surface area contributed by atoms with Crippen LogP contribution in [-0.4, -0.2) is 23.5 Å². The minimum atomic E-state index is -1.05. The first-order valence-corrected chi connectivity index (χ1v) is 5.44. The number of carbonyl (C=O) groups is 2. The lowest BCUT2D eigenvalue weighted by Gasteiger charge is -2.09. The van der Waals surface area contributed by atoms with E-state index in [0.29, 0.717) is 5.69 Å². The predicted molar refractivity (Wildman–Crippen MR) is 65.1 cm³/mol. The molecule has 92 valence electrons. The van der Waals surface area contributed by atoms with E-state index in [1.54, 1.807) is 18.2 Å². The van der Waals surface area contributed by atoms with Gasteiger partial charge in [-0.05, 0) is 24.1 Å². The summed E-state index contributed by atoms with van der Waals surface area (Å²) >= 11 is 0. The third kappa shape index (κ3) is 3.57. The number of aromatic carboxylic acids is 1. The van der Waals surface area contributed by atoms with Crippen molar-refractivity contribution in [2.24, 2.45) is 5.73 Å². The fraction of sp³-hybridized carbons (Fsp3) is 0.333. The molecule has 0 aliphatic carbocycles. The van der Waals surface area contributed by atoms with Gasteiger partial charge >= 0.3 is 5.97 Å². The summed E-state index contributed by atoms with van der Waals surface area (Å²) in [6, 6.07) is 4.97. The lowest BCUT2D eigenvalue weighted by Crippen LogP contribution is -2.18. The van der Waals surface area contributed by atoms with E-state index in [4.69, 9.17) is 10.8 Å². The maximum atomic E-state index is 11.4. The molecule has 0 bridgehead atoms. The second kappa shape index (κ2) is 6.00. The Morgan fingerprint density at radius 2 is 2.12 bits per heavy atom. The molecule has 1 rings (SSSR count). The smallest absolute Gasteiger partial charge is 0.337 e. The van der Waals surface area contributed by atoms with Crippen molar-refractivity contribution in [2.75, 3.05) is 11.9 Å². The summed E-state index contributed by atoms with van der Waals surface area (Å²) < 4.78 is 0. The molecule has 0 aliphatic heterocycles. The Kier molecular flexibility index (Phi) is 4.66. The molecule has 0 saturated heterocycles. The van der Waals surface area contributed by atoms with Crippen LogP contribution in [0.1, 0.15) is 29.3 Å². The average molecular weight is 236 g/mol. The molecule has 0 saturated carbocycles. The van der Waals surface area contributed by atoms with Gasteiger partial charge in [-0.2, -0.15) is 0 Å². The Hall–Kier alpha value is -1.88. The van der Waals surface area contributed by atoms with E-state index >= 15 is 0 Å². The van der Waals surface area contributed by atoms with E-state index in [1.807, 2.05) is 6.92 Å². The molecule has 0 aromatic heterocycles. The van der Waals surface area contributed by atoms with Gasteiger partial charge < -0.3 is 16.2 Å². The second-order valence-electron chi connectivity index (χ2n) is 3.63. The van der Waals surface area contributed by atoms with E-state index in [0.717, 1.165) is 12.0 Å². The summed E-state index contributed by atoms with van der Waals surface area (Å²) in [5, 5.41) is 11.6. The van der Waals surface area contributed by atoms with Crippen LogP contribution >= 0.6 is 0 Å². The number of anilines is 1. The molecule has 1 amide bonds. The Morgan fingerprint density at radius 1 is 1.41 bits per heavy atom. The molecular weight excluding hydrogens is 220 g/mol. The zero-order chi connectivity index (χ0) is 12.8. The van der Waals surface area contributed by atoms with Gasteiger partial charge in [0.2, 0.25) is 5.91 Å². The highest BCUT2D eigenvalue weighted by Gasteiger charge is 2.12. The average Bonchev–Trinajstić information content (AvgIpc) is 2.29. The van der Waals surface area contributed by atoms with Gasteiger partial charge in [0, 0.05) is 13.0 Å². The molecule has 0 fully saturated rings. The Bertz CT molecular complexity index is 430. The van der Waals surface area contributed by atoms with Crippen LogP contribution in [0.15, 0.2) is 18.2 Å². The van der Waals surface area contributed by atoms with Gasteiger partial charge in [-0.1, -0.05) is 13.0 Å². The first-order valence-electron chi connectivity index (χ1n) is 5.44. The molecular formula is C12H16N2O3. The largest absolute Gasteiger partial charge is 0.478 e. The lowest BCUT2D eigenvalue weighted by molar-refractivity contribution is -0.116. The Morgan fingerprint density at radius 3 is 2.65 bits per heavy atom. The number of benzene rings is 1. The van der Waals surface area contributed by atoms with Crippen molar-refractivity contribution in [3.05, 3.63) is 29.3 Å². The van der Waals surface area contributed by atoms with Crippen LogP contribution in [0, 0.1) is 0 Å². The molecule has 17 heavy (non-hydrogen) atoms. The predicted octanol–water partition coefficient (Wildman–Crippen LogP) is 1.23. The highest BCUT2D eigenvalue weighted by Crippen LogP contribution is 2.18. The van der Waals surface area contributed by atoms with Crippen LogP contribution < -0.4 is 11.1 Å². The van der Waals surface area contributed by atoms with Gasteiger partial charge in [0.15, 0.2) is 0 Å². The zero-order valence-corrected chi connectivity index (χ0v) is 9.69. The summed E-state index contributed by atoms with van der Waals surface area (Å²) in [6.45, 7) is 2.18. The van der Waals surface area contributed by atoms with E-state index in [-0.39, 0.29) is 24.4 Å². The molecule has 0 spiro atoms. The molecule has 0 heterocycles. The normalized spacial score (nSPS) is 10.0. The number of hydrogen-bond donors (Lipinski definition) is 3. The van der Waals surface area contributed by atoms with Crippen LogP contribution in [0.4, 0.5) is 5.69 Å². The number of nitrogens with one attached hydrogen (secondary N) is 1. The maximum absolute atomic E-state index is 11.4. The van der Waals surface area contributed by atoms with Crippen LogP contribution in [0.2, 0.25) is 0 Å². The van der Waals surface area contributed by atoms with Crippen molar-refractivity contribution in [1.29, 1.82) is 0 Å². The van der Waals surface area contributed by atoms with Gasteiger partial charge in [0.1, 0.15) is 0 Å². The summed E-state index contributed by atoms with van der Waals surface area (Å²) in [5.74, 6) is -1.33. The van der Waals surface area contributed by atoms with Crippen molar-refractivity contribution in [3.8, 4) is 0 Å².